The summed E-state index contributed by atoms with van der Waals surface area (Å²) in [5, 5.41) is 3.56. The van der Waals surface area contributed by atoms with E-state index in [4.69, 9.17) is 0 Å². The zero-order chi connectivity index (χ0) is 20.7. The monoisotopic (exact) mass is 418 g/mol. The van der Waals surface area contributed by atoms with Crippen molar-refractivity contribution in [3.05, 3.63) is 59.9 Å². The lowest BCUT2D eigenvalue weighted by Crippen LogP contribution is -2.28. The summed E-state index contributed by atoms with van der Waals surface area (Å²) in [6, 6.07) is 12.6. The van der Waals surface area contributed by atoms with Gasteiger partial charge in [-0.2, -0.15) is 0 Å². The Bertz CT molecular complexity index is 876. The van der Waals surface area contributed by atoms with E-state index in [0.717, 1.165) is 30.0 Å². The van der Waals surface area contributed by atoms with E-state index in [-0.39, 0.29) is 4.90 Å². The minimum Gasteiger partial charge on any atom is -0.310 e. The Kier molecular flexibility index (Phi) is 7.67. The highest BCUT2D eigenvalue weighted by atomic mass is 32.2. The zero-order valence-corrected chi connectivity index (χ0v) is 17.8. The first-order valence-corrected chi connectivity index (χ1v) is 12.0. The summed E-state index contributed by atoms with van der Waals surface area (Å²) in [5.41, 5.74) is 1.44. The van der Waals surface area contributed by atoms with Crippen molar-refractivity contribution in [2.24, 2.45) is 5.92 Å². The summed E-state index contributed by atoms with van der Waals surface area (Å²) in [6.07, 6.45) is 9.19. The van der Waals surface area contributed by atoms with Gasteiger partial charge >= 0.3 is 0 Å². The molecule has 0 bridgehead atoms. The molecule has 2 aromatic carbocycles. The number of rotatable bonds is 8. The van der Waals surface area contributed by atoms with Crippen molar-refractivity contribution in [3.63, 3.8) is 0 Å². The van der Waals surface area contributed by atoms with Gasteiger partial charge < -0.3 is 5.32 Å². The van der Waals surface area contributed by atoms with Crippen LogP contribution in [0.4, 0.5) is 10.1 Å². The Morgan fingerprint density at radius 3 is 2.34 bits per heavy atom. The van der Waals surface area contributed by atoms with Crippen molar-refractivity contribution >= 4 is 15.7 Å². The fraction of sp³-hybridized carbons (Fsp3) is 0.478. The fourth-order valence-electron chi connectivity index (χ4n) is 4.06. The number of sulfonamides is 1. The number of hydrogen-bond acceptors (Lipinski definition) is 3. The first kappa shape index (κ1) is 21.8. The minimum absolute atomic E-state index is 0.0448. The van der Waals surface area contributed by atoms with Gasteiger partial charge in [0.15, 0.2) is 0 Å². The normalized spacial score (nSPS) is 16.9. The summed E-state index contributed by atoms with van der Waals surface area (Å²) in [4.78, 5) is 0.0448. The van der Waals surface area contributed by atoms with Gasteiger partial charge in [0.05, 0.1) is 10.6 Å². The third-order valence-electron chi connectivity index (χ3n) is 5.69. The van der Waals surface area contributed by atoms with Gasteiger partial charge in [0.25, 0.3) is 10.0 Å². The molecule has 3 rings (SSSR count). The molecule has 1 saturated carbocycles. The van der Waals surface area contributed by atoms with Crippen LogP contribution in [0.1, 0.15) is 57.4 Å². The maximum atomic E-state index is 13.1. The van der Waals surface area contributed by atoms with E-state index in [1.165, 1.54) is 50.7 Å². The van der Waals surface area contributed by atoms with E-state index in [2.05, 4.69) is 17.0 Å². The molecule has 0 radical (unpaired) electrons. The molecule has 29 heavy (non-hydrogen) atoms. The molecular weight excluding hydrogens is 387 g/mol. The van der Waals surface area contributed by atoms with Gasteiger partial charge in [0.2, 0.25) is 0 Å². The Labute approximate surface area is 174 Å². The standard InChI is InChI=1S/C23H31FN2O2S/c1-18(16-19-8-4-2-3-5-9-19)25-17-20-10-6-7-11-23(20)26-29(27,28)22-14-12-21(24)13-15-22/h6-7,10-15,18-19,25-26H,2-5,8-9,16-17H2,1H3. The van der Waals surface area contributed by atoms with Crippen molar-refractivity contribution in [1.82, 2.24) is 5.32 Å². The summed E-state index contributed by atoms with van der Waals surface area (Å²) in [7, 11) is -3.76. The summed E-state index contributed by atoms with van der Waals surface area (Å²) in [5.74, 6) is 0.323. The van der Waals surface area contributed by atoms with Crippen LogP contribution in [0.15, 0.2) is 53.4 Å². The van der Waals surface area contributed by atoms with E-state index in [1.807, 2.05) is 12.1 Å². The Balaban J connectivity index is 1.62. The lowest BCUT2D eigenvalue weighted by Gasteiger charge is -2.21. The molecule has 4 nitrogen and oxygen atoms in total. The molecule has 1 fully saturated rings. The molecular formula is C23H31FN2O2S. The third-order valence-corrected chi connectivity index (χ3v) is 7.07. The molecule has 1 aliphatic carbocycles. The predicted octanol–water partition coefficient (Wildman–Crippen LogP) is 5.47. The van der Waals surface area contributed by atoms with E-state index < -0.39 is 15.8 Å². The van der Waals surface area contributed by atoms with Crippen LogP contribution in [0.3, 0.4) is 0 Å². The number of hydrogen-bond donors (Lipinski definition) is 2. The smallest absolute Gasteiger partial charge is 0.261 e. The van der Waals surface area contributed by atoms with Crippen LogP contribution >= 0.6 is 0 Å². The van der Waals surface area contributed by atoms with Crippen LogP contribution in [0, 0.1) is 11.7 Å². The van der Waals surface area contributed by atoms with Crippen LogP contribution in [0.2, 0.25) is 0 Å². The molecule has 0 aliphatic heterocycles. The van der Waals surface area contributed by atoms with Crippen LogP contribution in [-0.2, 0) is 16.6 Å². The van der Waals surface area contributed by atoms with Gasteiger partial charge in [-0.15, -0.1) is 0 Å². The second-order valence-electron chi connectivity index (χ2n) is 8.09. The average molecular weight is 419 g/mol. The molecule has 0 amide bonds. The van der Waals surface area contributed by atoms with Crippen molar-refractivity contribution in [2.45, 2.75) is 69.4 Å². The van der Waals surface area contributed by atoms with E-state index >= 15 is 0 Å². The average Bonchev–Trinajstić information content (AvgIpc) is 2.96. The molecule has 0 heterocycles. The van der Waals surface area contributed by atoms with E-state index in [1.54, 1.807) is 12.1 Å². The molecule has 1 unspecified atom stereocenters. The topological polar surface area (TPSA) is 58.2 Å². The molecule has 6 heteroatoms. The second-order valence-corrected chi connectivity index (χ2v) is 9.77. The molecule has 1 aliphatic rings. The molecule has 2 N–H and O–H groups in total. The number of benzene rings is 2. The van der Waals surface area contributed by atoms with Crippen LogP contribution in [0.5, 0.6) is 0 Å². The van der Waals surface area contributed by atoms with Gasteiger partial charge in [-0.1, -0.05) is 56.7 Å². The van der Waals surface area contributed by atoms with Crippen molar-refractivity contribution in [3.8, 4) is 0 Å². The third kappa shape index (κ3) is 6.54. The zero-order valence-electron chi connectivity index (χ0n) is 17.0. The minimum atomic E-state index is -3.76. The molecule has 0 aromatic heterocycles. The number of anilines is 1. The highest BCUT2D eigenvalue weighted by molar-refractivity contribution is 7.92. The van der Waals surface area contributed by atoms with Crippen LogP contribution in [0.25, 0.3) is 0 Å². The maximum Gasteiger partial charge on any atom is 0.261 e. The van der Waals surface area contributed by atoms with Gasteiger partial charge in [-0.25, -0.2) is 12.8 Å². The number of nitrogens with one attached hydrogen (secondary N) is 2. The SMILES string of the molecule is CC(CC1CCCCCC1)NCc1ccccc1NS(=O)(=O)c1ccc(F)cc1. The largest absolute Gasteiger partial charge is 0.310 e. The fourth-order valence-corrected chi connectivity index (χ4v) is 5.16. The molecule has 158 valence electrons. The molecule has 0 saturated heterocycles. The Morgan fingerprint density at radius 1 is 1.00 bits per heavy atom. The highest BCUT2D eigenvalue weighted by Crippen LogP contribution is 2.27. The van der Waals surface area contributed by atoms with Gasteiger partial charge in [-0.3, -0.25) is 4.72 Å². The lowest BCUT2D eigenvalue weighted by molar-refractivity contribution is 0.363. The van der Waals surface area contributed by atoms with Crippen molar-refractivity contribution < 1.29 is 12.8 Å². The predicted molar refractivity (Wildman–Crippen MR) is 116 cm³/mol. The molecule has 0 spiro atoms. The molecule has 1 atom stereocenters. The van der Waals surface area contributed by atoms with Gasteiger partial charge in [-0.05, 0) is 55.2 Å². The number of para-hydroxylation sites is 1. The Hall–Kier alpha value is -1.92. The van der Waals surface area contributed by atoms with Crippen LogP contribution < -0.4 is 10.0 Å². The van der Waals surface area contributed by atoms with Crippen molar-refractivity contribution in [1.29, 1.82) is 0 Å². The van der Waals surface area contributed by atoms with Crippen LogP contribution in [-0.4, -0.2) is 14.5 Å². The molecule has 2 aromatic rings. The second kappa shape index (κ2) is 10.2. The maximum absolute atomic E-state index is 13.1. The first-order valence-electron chi connectivity index (χ1n) is 10.5. The lowest BCUT2D eigenvalue weighted by atomic mass is 9.93. The van der Waals surface area contributed by atoms with Crippen molar-refractivity contribution in [2.75, 3.05) is 4.72 Å². The van der Waals surface area contributed by atoms with Gasteiger partial charge in [0, 0.05) is 12.6 Å². The number of halogens is 1. The quantitative estimate of drug-likeness (QED) is 0.559. The Morgan fingerprint density at radius 2 is 1.66 bits per heavy atom. The van der Waals surface area contributed by atoms with E-state index in [0.29, 0.717) is 18.3 Å². The summed E-state index contributed by atoms with van der Waals surface area (Å²) < 4.78 is 41.0. The summed E-state index contributed by atoms with van der Waals surface area (Å²) >= 11 is 0. The van der Waals surface area contributed by atoms with Gasteiger partial charge in [0.1, 0.15) is 5.82 Å². The van der Waals surface area contributed by atoms with E-state index in [9.17, 15) is 12.8 Å². The first-order chi connectivity index (χ1) is 13.9. The summed E-state index contributed by atoms with van der Waals surface area (Å²) in [6.45, 7) is 2.80. The highest BCUT2D eigenvalue weighted by Gasteiger charge is 2.18.